The average Bonchev–Trinajstić information content (AvgIpc) is 1.93. The molecule has 1 aromatic rings. The van der Waals surface area contributed by atoms with Gasteiger partial charge in [0.1, 0.15) is 0 Å². The van der Waals surface area contributed by atoms with Crippen molar-refractivity contribution in [3.05, 3.63) is 22.9 Å². The van der Waals surface area contributed by atoms with Crippen LogP contribution in [0.15, 0.2) is 22.9 Å². The zero-order valence-electron chi connectivity index (χ0n) is 5.30. The molecule has 0 bridgehead atoms. The third kappa shape index (κ3) is 2.42. The Morgan fingerprint density at radius 2 is 2.27 bits per heavy atom. The zero-order chi connectivity index (χ0) is 8.27. The fourth-order valence-electron chi connectivity index (χ4n) is 0.546. The van der Waals surface area contributed by atoms with Gasteiger partial charge in [0.15, 0.2) is 5.75 Å². The summed E-state index contributed by atoms with van der Waals surface area (Å²) in [6, 6.07) is 1.53. The topological polar surface area (TPSA) is 22.1 Å². The predicted molar refractivity (Wildman–Crippen MR) is 38.6 cm³/mol. The van der Waals surface area contributed by atoms with Gasteiger partial charge in [0.25, 0.3) is 0 Å². The van der Waals surface area contributed by atoms with Crippen molar-refractivity contribution < 1.29 is 13.5 Å². The molecule has 0 fully saturated rings. The van der Waals surface area contributed by atoms with Gasteiger partial charge in [0.2, 0.25) is 0 Å². The lowest BCUT2D eigenvalue weighted by atomic mass is 10.5. The second-order valence-corrected chi connectivity index (χ2v) is 2.54. The summed E-state index contributed by atoms with van der Waals surface area (Å²) >= 11 is 3.03. The number of hydrogen-bond acceptors (Lipinski definition) is 2. The van der Waals surface area contributed by atoms with Gasteiger partial charge < -0.3 is 4.74 Å². The largest absolute Gasteiger partial charge is 0.432 e. The van der Waals surface area contributed by atoms with Gasteiger partial charge in [0, 0.05) is 6.20 Å². The molecule has 1 rings (SSSR count). The molecule has 0 saturated heterocycles. The molecule has 2 nitrogen and oxygen atoms in total. The van der Waals surface area contributed by atoms with Crippen LogP contribution in [-0.4, -0.2) is 11.6 Å². The van der Waals surface area contributed by atoms with Crippen molar-refractivity contribution in [1.29, 1.82) is 0 Å². The Morgan fingerprint density at radius 3 is 2.82 bits per heavy atom. The first kappa shape index (κ1) is 8.39. The highest BCUT2D eigenvalue weighted by atomic mass is 79.9. The van der Waals surface area contributed by atoms with E-state index >= 15 is 0 Å². The second kappa shape index (κ2) is 3.61. The minimum Gasteiger partial charge on any atom is -0.432 e. The van der Waals surface area contributed by atoms with Gasteiger partial charge in [-0.2, -0.15) is 8.78 Å². The van der Waals surface area contributed by atoms with Crippen molar-refractivity contribution in [1.82, 2.24) is 4.98 Å². The smallest absolute Gasteiger partial charge is 0.387 e. The van der Waals surface area contributed by atoms with Crippen LogP contribution in [0.1, 0.15) is 0 Å². The molecule has 5 heteroatoms. The van der Waals surface area contributed by atoms with Crippen LogP contribution >= 0.6 is 15.9 Å². The van der Waals surface area contributed by atoms with Gasteiger partial charge in [0.05, 0.1) is 10.7 Å². The Hall–Kier alpha value is -0.710. The van der Waals surface area contributed by atoms with E-state index in [9.17, 15) is 8.78 Å². The number of pyridine rings is 1. The molecule has 0 saturated carbocycles. The summed E-state index contributed by atoms with van der Waals surface area (Å²) in [6.07, 6.45) is 2.69. The maximum atomic E-state index is 11.6. The molecule has 1 aromatic heterocycles. The SMILES string of the molecule is FC(F)Oc1cnccc1Br. The Morgan fingerprint density at radius 1 is 1.55 bits per heavy atom. The maximum Gasteiger partial charge on any atom is 0.387 e. The molecule has 0 unspecified atom stereocenters. The summed E-state index contributed by atoms with van der Waals surface area (Å²) < 4.78 is 27.8. The normalized spacial score (nSPS) is 10.2. The van der Waals surface area contributed by atoms with Gasteiger partial charge in [-0.3, -0.25) is 4.98 Å². The van der Waals surface area contributed by atoms with Gasteiger partial charge in [-0.25, -0.2) is 0 Å². The molecule has 0 aromatic carbocycles. The fraction of sp³-hybridized carbons (Fsp3) is 0.167. The van der Waals surface area contributed by atoms with E-state index in [1.807, 2.05) is 0 Å². The molecule has 0 spiro atoms. The van der Waals surface area contributed by atoms with Gasteiger partial charge in [-0.1, -0.05) is 0 Å². The van der Waals surface area contributed by atoms with Crippen LogP contribution in [0.3, 0.4) is 0 Å². The van der Waals surface area contributed by atoms with Crippen molar-refractivity contribution in [3.63, 3.8) is 0 Å². The number of aromatic nitrogens is 1. The van der Waals surface area contributed by atoms with Crippen molar-refractivity contribution in [3.8, 4) is 5.75 Å². The molecule has 0 aliphatic carbocycles. The van der Waals surface area contributed by atoms with Crippen LogP contribution in [0.2, 0.25) is 0 Å². The second-order valence-electron chi connectivity index (χ2n) is 1.68. The van der Waals surface area contributed by atoms with E-state index in [0.717, 1.165) is 0 Å². The number of halogens is 3. The predicted octanol–water partition coefficient (Wildman–Crippen LogP) is 2.45. The van der Waals surface area contributed by atoms with Crippen molar-refractivity contribution in [2.75, 3.05) is 0 Å². The first-order chi connectivity index (χ1) is 5.20. The highest BCUT2D eigenvalue weighted by Crippen LogP contribution is 2.23. The molecule has 0 amide bonds. The van der Waals surface area contributed by atoms with E-state index in [4.69, 9.17) is 0 Å². The van der Waals surface area contributed by atoms with E-state index in [-0.39, 0.29) is 5.75 Å². The van der Waals surface area contributed by atoms with E-state index in [1.165, 1.54) is 18.5 Å². The monoisotopic (exact) mass is 223 g/mol. The third-order valence-electron chi connectivity index (χ3n) is 0.950. The molecule has 0 N–H and O–H groups in total. The van der Waals surface area contributed by atoms with Crippen molar-refractivity contribution in [2.45, 2.75) is 6.61 Å². The summed E-state index contributed by atoms with van der Waals surface area (Å²) in [4.78, 5) is 3.61. The van der Waals surface area contributed by atoms with E-state index in [0.29, 0.717) is 4.47 Å². The Bertz CT molecular complexity index is 244. The molecule has 0 atom stereocenters. The standard InChI is InChI=1S/C6H4BrF2NO/c7-4-1-2-10-3-5(4)11-6(8)9/h1-3,6H. The Labute approximate surface area is 70.3 Å². The summed E-state index contributed by atoms with van der Waals surface area (Å²) in [5.74, 6) is 0.0440. The number of alkyl halides is 2. The molecule has 60 valence electrons. The molecule has 1 heterocycles. The quantitative estimate of drug-likeness (QED) is 0.769. The van der Waals surface area contributed by atoms with Crippen LogP contribution in [0.25, 0.3) is 0 Å². The summed E-state index contributed by atoms with van der Waals surface area (Å²) in [7, 11) is 0. The molecule has 0 radical (unpaired) electrons. The lowest BCUT2D eigenvalue weighted by Crippen LogP contribution is -2.02. The molecule has 0 aliphatic rings. The first-order valence-electron chi connectivity index (χ1n) is 2.74. The average molecular weight is 224 g/mol. The minimum absolute atomic E-state index is 0.0440. The minimum atomic E-state index is -2.81. The van der Waals surface area contributed by atoms with Crippen LogP contribution in [-0.2, 0) is 0 Å². The number of hydrogen-bond donors (Lipinski definition) is 0. The van der Waals surface area contributed by atoms with Gasteiger partial charge in [-0.15, -0.1) is 0 Å². The molecular weight excluding hydrogens is 220 g/mol. The number of nitrogens with zero attached hydrogens (tertiary/aromatic N) is 1. The van der Waals surface area contributed by atoms with Crippen LogP contribution < -0.4 is 4.74 Å². The van der Waals surface area contributed by atoms with Gasteiger partial charge >= 0.3 is 6.61 Å². The lowest BCUT2D eigenvalue weighted by Gasteiger charge is -2.04. The van der Waals surface area contributed by atoms with Crippen LogP contribution in [0, 0.1) is 0 Å². The zero-order valence-corrected chi connectivity index (χ0v) is 6.88. The highest BCUT2D eigenvalue weighted by molar-refractivity contribution is 9.10. The summed E-state index contributed by atoms with van der Waals surface area (Å²) in [6.45, 7) is -2.81. The molecule has 11 heavy (non-hydrogen) atoms. The van der Waals surface area contributed by atoms with Crippen LogP contribution in [0.5, 0.6) is 5.75 Å². The number of ether oxygens (including phenoxy) is 1. The fourth-order valence-corrected chi connectivity index (χ4v) is 0.860. The van der Waals surface area contributed by atoms with Crippen molar-refractivity contribution in [2.24, 2.45) is 0 Å². The van der Waals surface area contributed by atoms with E-state index < -0.39 is 6.61 Å². The summed E-state index contributed by atoms with van der Waals surface area (Å²) in [5.41, 5.74) is 0. The summed E-state index contributed by atoms with van der Waals surface area (Å²) in [5, 5.41) is 0. The number of rotatable bonds is 2. The lowest BCUT2D eigenvalue weighted by molar-refractivity contribution is -0.0505. The highest BCUT2D eigenvalue weighted by Gasteiger charge is 2.06. The first-order valence-corrected chi connectivity index (χ1v) is 3.54. The van der Waals surface area contributed by atoms with Gasteiger partial charge in [-0.05, 0) is 22.0 Å². The van der Waals surface area contributed by atoms with Crippen molar-refractivity contribution >= 4 is 15.9 Å². The third-order valence-corrected chi connectivity index (χ3v) is 1.61. The molecule has 0 aliphatic heterocycles. The molecular formula is C6H4BrF2NO. The maximum absolute atomic E-state index is 11.6. The van der Waals surface area contributed by atoms with E-state index in [2.05, 4.69) is 25.7 Å². The van der Waals surface area contributed by atoms with Crippen LogP contribution in [0.4, 0.5) is 8.78 Å². The Balaban J connectivity index is 2.78. The Kier molecular flexibility index (Phi) is 2.76. The van der Waals surface area contributed by atoms with E-state index in [1.54, 1.807) is 0 Å².